The highest BCUT2D eigenvalue weighted by Gasteiger charge is 2.48. The van der Waals surface area contributed by atoms with Gasteiger partial charge in [0, 0.05) is 6.42 Å². The average Bonchev–Trinajstić information content (AvgIpc) is 3.25. The largest absolute Gasteiger partial charge is 0.397 e. The second-order valence-electron chi connectivity index (χ2n) is 17.8. The molecular formula is C50H93NO11S. The molecule has 1 saturated heterocycles. The van der Waals surface area contributed by atoms with Crippen LogP contribution in [0.25, 0.3) is 0 Å². The highest BCUT2D eigenvalue weighted by molar-refractivity contribution is 7.80. The third-order valence-corrected chi connectivity index (χ3v) is 12.4. The van der Waals surface area contributed by atoms with Gasteiger partial charge in [0.15, 0.2) is 6.29 Å². The number of amides is 1. The van der Waals surface area contributed by atoms with Gasteiger partial charge in [-0.1, -0.05) is 198 Å². The maximum Gasteiger partial charge on any atom is 0.397 e. The van der Waals surface area contributed by atoms with Crippen molar-refractivity contribution in [1.82, 2.24) is 5.32 Å². The predicted molar refractivity (Wildman–Crippen MR) is 255 cm³/mol. The van der Waals surface area contributed by atoms with Crippen LogP contribution in [-0.2, 0) is 28.9 Å². The molecule has 12 nitrogen and oxygen atoms in total. The van der Waals surface area contributed by atoms with Gasteiger partial charge in [0.2, 0.25) is 5.91 Å². The molecule has 370 valence electrons. The van der Waals surface area contributed by atoms with E-state index in [1.165, 1.54) is 141 Å². The molecule has 0 radical (unpaired) electrons. The molecule has 1 amide bonds. The summed E-state index contributed by atoms with van der Waals surface area (Å²) in [6, 6.07) is -0.945. The van der Waals surface area contributed by atoms with Crippen molar-refractivity contribution in [3.8, 4) is 0 Å². The van der Waals surface area contributed by atoms with Crippen LogP contribution in [0.1, 0.15) is 219 Å². The van der Waals surface area contributed by atoms with E-state index in [0.717, 1.165) is 51.4 Å². The Kier molecular flexibility index (Phi) is 38.2. The molecule has 0 saturated carbocycles. The van der Waals surface area contributed by atoms with Crippen LogP contribution in [0.4, 0.5) is 0 Å². The van der Waals surface area contributed by atoms with E-state index in [1.54, 1.807) is 6.08 Å². The molecule has 1 heterocycles. The van der Waals surface area contributed by atoms with Gasteiger partial charge in [0.05, 0.1) is 25.4 Å². The van der Waals surface area contributed by atoms with Crippen molar-refractivity contribution < 1.29 is 51.8 Å². The molecule has 0 aliphatic carbocycles. The number of rotatable bonds is 43. The maximum absolute atomic E-state index is 13.0. The zero-order valence-corrected chi connectivity index (χ0v) is 40.5. The van der Waals surface area contributed by atoms with Crippen molar-refractivity contribution in [3.63, 3.8) is 0 Å². The van der Waals surface area contributed by atoms with Crippen molar-refractivity contribution >= 4 is 16.3 Å². The third kappa shape index (κ3) is 33.4. The van der Waals surface area contributed by atoms with E-state index < -0.39 is 59.9 Å². The van der Waals surface area contributed by atoms with Gasteiger partial charge in [-0.15, -0.1) is 0 Å². The molecule has 1 aliphatic heterocycles. The topological polar surface area (TPSA) is 192 Å². The van der Waals surface area contributed by atoms with Crippen molar-refractivity contribution in [2.75, 3.05) is 13.2 Å². The van der Waals surface area contributed by atoms with Crippen molar-refractivity contribution in [2.24, 2.45) is 0 Å². The lowest BCUT2D eigenvalue weighted by atomic mass is 9.99. The lowest BCUT2D eigenvalue weighted by molar-refractivity contribution is -0.298. The highest BCUT2D eigenvalue weighted by atomic mass is 32.3. The van der Waals surface area contributed by atoms with Gasteiger partial charge in [0.25, 0.3) is 0 Å². The van der Waals surface area contributed by atoms with E-state index in [4.69, 9.17) is 9.47 Å². The maximum atomic E-state index is 13.0. The lowest BCUT2D eigenvalue weighted by Crippen LogP contribution is -2.61. The first-order valence-electron chi connectivity index (χ1n) is 25.4. The minimum Gasteiger partial charge on any atom is -0.394 e. The van der Waals surface area contributed by atoms with Crippen molar-refractivity contribution in [3.05, 3.63) is 36.5 Å². The summed E-state index contributed by atoms with van der Waals surface area (Å²) in [5.41, 5.74) is 0. The molecule has 63 heavy (non-hydrogen) atoms. The molecule has 1 rings (SSSR count). The Morgan fingerprint density at radius 3 is 1.51 bits per heavy atom. The monoisotopic (exact) mass is 916 g/mol. The van der Waals surface area contributed by atoms with E-state index >= 15 is 0 Å². The van der Waals surface area contributed by atoms with Crippen LogP contribution in [0, 0.1) is 0 Å². The van der Waals surface area contributed by atoms with Crippen LogP contribution in [-0.4, -0.2) is 95.4 Å². The predicted octanol–water partition coefficient (Wildman–Crippen LogP) is 10.7. The van der Waals surface area contributed by atoms with E-state index in [0.29, 0.717) is 6.42 Å². The number of aliphatic hydroxyl groups is 4. The minimum atomic E-state index is -5.08. The molecule has 1 fully saturated rings. The summed E-state index contributed by atoms with van der Waals surface area (Å²) in [6.07, 6.45) is 40.5. The number of ether oxygens (including phenoxy) is 2. The first kappa shape index (κ1) is 59.3. The van der Waals surface area contributed by atoms with Gasteiger partial charge in [-0.3, -0.25) is 9.35 Å². The number of allylic oxidation sites excluding steroid dienone is 5. The molecule has 13 heteroatoms. The zero-order chi connectivity index (χ0) is 46.2. The molecule has 0 spiro atoms. The Hall–Kier alpha value is -1.68. The fraction of sp³-hybridized carbons (Fsp3) is 0.860. The minimum absolute atomic E-state index is 0.263. The molecule has 0 bridgehead atoms. The standard InChI is InChI=1S/C50H93NO11S/c1-3-5-7-9-11-13-15-16-17-18-19-20-21-22-23-24-25-26-27-28-30-32-34-36-38-40-46(54)51-43(44(53)39-37-35-33-31-29-14-12-10-8-6-4-2)42-60-50-48(56)49(62-63(57,58)59)47(55)45(41-52)61-50/h19-20,22-23,37,39,43-45,47-50,52-53,55-56H,3-18,21,24-36,38,40-42H2,1-2H3,(H,51,54)(H,57,58,59)/b20-19-,23-22-,39-37+. The van der Waals surface area contributed by atoms with E-state index in [2.05, 4.69) is 47.7 Å². The second-order valence-corrected chi connectivity index (χ2v) is 18.8. The molecule has 6 N–H and O–H groups in total. The summed E-state index contributed by atoms with van der Waals surface area (Å²) in [5.74, 6) is -0.268. The number of hydrogen-bond donors (Lipinski definition) is 6. The first-order chi connectivity index (χ1) is 30.5. The van der Waals surface area contributed by atoms with Crippen LogP contribution in [0.2, 0.25) is 0 Å². The third-order valence-electron chi connectivity index (χ3n) is 11.9. The summed E-state index contributed by atoms with van der Waals surface area (Å²) in [7, 11) is -5.08. The number of carbonyl (C=O) groups is 1. The normalized spacial score (nSPS) is 20.7. The van der Waals surface area contributed by atoms with Crippen LogP contribution in [0.15, 0.2) is 36.5 Å². The van der Waals surface area contributed by atoms with E-state index in [1.807, 2.05) is 6.08 Å². The molecule has 7 atom stereocenters. The smallest absolute Gasteiger partial charge is 0.394 e. The molecule has 1 aliphatic rings. The van der Waals surface area contributed by atoms with Gasteiger partial charge in [0.1, 0.15) is 24.4 Å². The number of carbonyl (C=O) groups excluding carboxylic acids is 1. The molecule has 0 aromatic heterocycles. The summed E-state index contributed by atoms with van der Waals surface area (Å²) in [5, 5.41) is 44.7. The lowest BCUT2D eigenvalue weighted by Gasteiger charge is -2.41. The summed E-state index contributed by atoms with van der Waals surface area (Å²) in [6.45, 7) is 3.37. The van der Waals surface area contributed by atoms with Gasteiger partial charge >= 0.3 is 10.4 Å². The van der Waals surface area contributed by atoms with Crippen LogP contribution >= 0.6 is 0 Å². The van der Waals surface area contributed by atoms with Gasteiger partial charge < -0.3 is 35.2 Å². The zero-order valence-electron chi connectivity index (χ0n) is 39.6. The van der Waals surface area contributed by atoms with Crippen LogP contribution in [0.3, 0.4) is 0 Å². The van der Waals surface area contributed by atoms with E-state index in [9.17, 15) is 38.2 Å². The summed E-state index contributed by atoms with van der Waals surface area (Å²) >= 11 is 0. The SMILES string of the molecule is CCCCCCCCCCC/C=C\C/C=C\CCCCCCCCCCCC(=O)NC(COC1OC(CO)C(O)C(OS(=O)(=O)O)C1O)C(O)/C=C/CCCCCCCCCCC. The van der Waals surface area contributed by atoms with Gasteiger partial charge in [-0.05, 0) is 51.4 Å². The quantitative estimate of drug-likeness (QED) is 0.0194. The summed E-state index contributed by atoms with van der Waals surface area (Å²) < 4.78 is 47.6. The first-order valence-corrected chi connectivity index (χ1v) is 26.7. The Morgan fingerprint density at radius 2 is 1.06 bits per heavy atom. The fourth-order valence-corrected chi connectivity index (χ4v) is 8.46. The van der Waals surface area contributed by atoms with Crippen LogP contribution < -0.4 is 5.32 Å². The molecule has 0 aromatic rings. The van der Waals surface area contributed by atoms with Gasteiger partial charge in [-0.2, -0.15) is 8.42 Å². The molecular weight excluding hydrogens is 823 g/mol. The molecule has 7 unspecified atom stereocenters. The van der Waals surface area contributed by atoms with Crippen molar-refractivity contribution in [2.45, 2.75) is 262 Å². The Balaban J connectivity index is 2.38. The number of aliphatic hydroxyl groups excluding tert-OH is 4. The Bertz CT molecular complexity index is 1260. The summed E-state index contributed by atoms with van der Waals surface area (Å²) in [4.78, 5) is 13.0. The van der Waals surface area contributed by atoms with Crippen molar-refractivity contribution in [1.29, 1.82) is 0 Å². The van der Waals surface area contributed by atoms with E-state index in [-0.39, 0.29) is 18.9 Å². The number of nitrogens with one attached hydrogen (secondary N) is 1. The molecule has 0 aromatic carbocycles. The fourth-order valence-electron chi connectivity index (χ4n) is 7.96. The highest BCUT2D eigenvalue weighted by Crippen LogP contribution is 2.26. The van der Waals surface area contributed by atoms with Gasteiger partial charge in [-0.25, -0.2) is 4.18 Å². The Labute approximate surface area is 384 Å². The van der Waals surface area contributed by atoms with Crippen LogP contribution in [0.5, 0.6) is 0 Å². The number of hydrogen-bond acceptors (Lipinski definition) is 10. The number of unbranched alkanes of at least 4 members (excludes halogenated alkanes) is 27. The second kappa shape index (κ2) is 40.6. The Morgan fingerprint density at radius 1 is 0.635 bits per heavy atom. The average molecular weight is 916 g/mol.